The Bertz CT molecular complexity index is 588. The first-order valence-corrected chi connectivity index (χ1v) is 8.19. The fourth-order valence-corrected chi connectivity index (χ4v) is 2.97. The average molecular weight is 336 g/mol. The van der Waals surface area contributed by atoms with Gasteiger partial charge in [0, 0.05) is 44.8 Å². The zero-order valence-corrected chi connectivity index (χ0v) is 14.4. The first-order chi connectivity index (χ1) is 11.4. The van der Waals surface area contributed by atoms with Crippen LogP contribution < -0.4 is 10.6 Å². The minimum Gasteiger partial charge on any atom is -0.341 e. The molecular formula is C17H25FN4O2. The second-order valence-electron chi connectivity index (χ2n) is 6.01. The summed E-state index contributed by atoms with van der Waals surface area (Å²) in [5, 5.41) is 4.67. The number of benzene rings is 1. The summed E-state index contributed by atoms with van der Waals surface area (Å²) in [6.45, 7) is 6.66. The topological polar surface area (TPSA) is 64.7 Å². The summed E-state index contributed by atoms with van der Waals surface area (Å²) >= 11 is 0. The first kappa shape index (κ1) is 18.4. The molecule has 0 aliphatic carbocycles. The van der Waals surface area contributed by atoms with E-state index in [2.05, 4.69) is 15.5 Å². The number of nitrogens with zero attached hydrogens (tertiary/aromatic N) is 2. The maximum atomic E-state index is 13.9. The molecular weight excluding hydrogens is 311 g/mol. The predicted molar refractivity (Wildman–Crippen MR) is 90.0 cm³/mol. The van der Waals surface area contributed by atoms with Crippen molar-refractivity contribution in [1.82, 2.24) is 20.4 Å². The predicted octanol–water partition coefficient (Wildman–Crippen LogP) is 1.35. The maximum Gasteiger partial charge on any atom is 0.321 e. The summed E-state index contributed by atoms with van der Waals surface area (Å²) in [7, 11) is 1.47. The molecule has 2 rings (SSSR count). The van der Waals surface area contributed by atoms with Crippen molar-refractivity contribution in [3.8, 4) is 0 Å². The molecule has 6 nitrogen and oxygen atoms in total. The van der Waals surface area contributed by atoms with Crippen LogP contribution in [0, 0.1) is 5.82 Å². The van der Waals surface area contributed by atoms with Crippen LogP contribution in [-0.4, -0.2) is 61.0 Å². The molecule has 0 radical (unpaired) electrons. The highest BCUT2D eigenvalue weighted by molar-refractivity contribution is 5.96. The van der Waals surface area contributed by atoms with E-state index >= 15 is 0 Å². The summed E-state index contributed by atoms with van der Waals surface area (Å²) in [5.74, 6) is -0.504. The van der Waals surface area contributed by atoms with E-state index in [1.165, 1.54) is 13.1 Å². The van der Waals surface area contributed by atoms with Crippen LogP contribution in [0.1, 0.15) is 25.5 Å². The highest BCUT2D eigenvalue weighted by Crippen LogP contribution is 2.24. The van der Waals surface area contributed by atoms with Crippen LogP contribution in [0.2, 0.25) is 0 Å². The monoisotopic (exact) mass is 336 g/mol. The number of halogens is 1. The van der Waals surface area contributed by atoms with Gasteiger partial charge in [0.2, 0.25) is 5.91 Å². The van der Waals surface area contributed by atoms with Gasteiger partial charge in [0.05, 0.1) is 6.04 Å². The molecule has 7 heteroatoms. The van der Waals surface area contributed by atoms with E-state index in [0.29, 0.717) is 18.7 Å². The van der Waals surface area contributed by atoms with Crippen molar-refractivity contribution >= 4 is 11.9 Å². The van der Waals surface area contributed by atoms with E-state index in [1.54, 1.807) is 13.0 Å². The molecule has 132 valence electrons. The van der Waals surface area contributed by atoms with Crippen molar-refractivity contribution in [3.05, 3.63) is 35.6 Å². The third-order valence-corrected chi connectivity index (χ3v) is 4.64. The smallest absolute Gasteiger partial charge is 0.321 e. The van der Waals surface area contributed by atoms with Crippen LogP contribution in [0.25, 0.3) is 0 Å². The number of rotatable bonds is 4. The Hall–Kier alpha value is -1.99. The molecule has 2 N–H and O–H groups in total. The second kappa shape index (κ2) is 8.21. The molecule has 1 saturated heterocycles. The lowest BCUT2D eigenvalue weighted by Gasteiger charge is -2.40. The van der Waals surface area contributed by atoms with Crippen molar-refractivity contribution in [2.45, 2.75) is 25.9 Å². The summed E-state index contributed by atoms with van der Waals surface area (Å²) in [4.78, 5) is 27.5. The number of hydrogen-bond donors (Lipinski definition) is 2. The number of imide groups is 1. The zero-order chi connectivity index (χ0) is 17.7. The molecule has 24 heavy (non-hydrogen) atoms. The molecule has 1 aliphatic rings. The average Bonchev–Trinajstić information content (AvgIpc) is 2.60. The quantitative estimate of drug-likeness (QED) is 0.871. The van der Waals surface area contributed by atoms with E-state index in [0.717, 1.165) is 13.1 Å². The van der Waals surface area contributed by atoms with Gasteiger partial charge in [-0.15, -0.1) is 0 Å². The third-order valence-electron chi connectivity index (χ3n) is 4.64. The van der Waals surface area contributed by atoms with Crippen LogP contribution in [0.15, 0.2) is 24.3 Å². The van der Waals surface area contributed by atoms with Crippen LogP contribution in [0.4, 0.5) is 9.18 Å². The minimum absolute atomic E-state index is 0.0108. The number of nitrogens with one attached hydrogen (secondary N) is 2. The number of urea groups is 1. The normalized spacial score (nSPS) is 18.7. The van der Waals surface area contributed by atoms with Gasteiger partial charge < -0.3 is 5.32 Å². The Morgan fingerprint density at radius 2 is 1.67 bits per heavy atom. The largest absolute Gasteiger partial charge is 0.341 e. The van der Waals surface area contributed by atoms with E-state index in [-0.39, 0.29) is 23.8 Å². The summed E-state index contributed by atoms with van der Waals surface area (Å²) in [5.41, 5.74) is 0.691. The highest BCUT2D eigenvalue weighted by atomic mass is 19.1. The standard InChI is InChI=1S/C17H25FN4O2/c1-12(14-6-4-5-7-15(14)18)21-8-10-22(11-9-21)13(2)16(23)20-17(24)19-3/h4-7,12-13H,8-11H2,1-3H3,(H2,19,20,23,24)/t12-,13+/m1/s1. The number of carbonyl (C=O) groups excluding carboxylic acids is 2. The van der Waals surface area contributed by atoms with Gasteiger partial charge in [0.1, 0.15) is 5.82 Å². The fraction of sp³-hybridized carbons (Fsp3) is 0.529. The summed E-state index contributed by atoms with van der Waals surface area (Å²) in [6, 6.07) is 5.93. The van der Waals surface area contributed by atoms with Crippen molar-refractivity contribution in [1.29, 1.82) is 0 Å². The number of amides is 3. The Morgan fingerprint density at radius 3 is 2.25 bits per heavy atom. The SMILES string of the molecule is CNC(=O)NC(=O)[C@H](C)N1CCN([C@H](C)c2ccccc2F)CC1. The summed E-state index contributed by atoms with van der Waals surface area (Å²) < 4.78 is 13.9. The Kier molecular flexibility index (Phi) is 6.28. The van der Waals surface area contributed by atoms with E-state index < -0.39 is 6.03 Å². The second-order valence-corrected chi connectivity index (χ2v) is 6.01. The van der Waals surface area contributed by atoms with Crippen LogP contribution in [-0.2, 0) is 4.79 Å². The maximum absolute atomic E-state index is 13.9. The fourth-order valence-electron chi connectivity index (χ4n) is 2.97. The Labute approximate surface area is 142 Å². The molecule has 1 aliphatic heterocycles. The van der Waals surface area contributed by atoms with Gasteiger partial charge in [-0.25, -0.2) is 9.18 Å². The van der Waals surface area contributed by atoms with E-state index in [4.69, 9.17) is 0 Å². The van der Waals surface area contributed by atoms with Crippen LogP contribution >= 0.6 is 0 Å². The molecule has 0 unspecified atom stereocenters. The Balaban J connectivity index is 1.90. The van der Waals surface area contributed by atoms with Gasteiger partial charge in [0.15, 0.2) is 0 Å². The number of piperazine rings is 1. The molecule has 0 aromatic heterocycles. The summed E-state index contributed by atoms with van der Waals surface area (Å²) in [6.07, 6.45) is 0. The lowest BCUT2D eigenvalue weighted by atomic mass is 10.1. The molecule has 1 heterocycles. The Morgan fingerprint density at radius 1 is 1.08 bits per heavy atom. The minimum atomic E-state index is -0.501. The van der Waals surface area contributed by atoms with Crippen molar-refractivity contribution in [2.75, 3.05) is 33.2 Å². The number of hydrogen-bond acceptors (Lipinski definition) is 4. The third kappa shape index (κ3) is 4.30. The molecule has 1 fully saturated rings. The highest BCUT2D eigenvalue weighted by Gasteiger charge is 2.29. The van der Waals surface area contributed by atoms with Crippen molar-refractivity contribution < 1.29 is 14.0 Å². The molecule has 1 aromatic rings. The lowest BCUT2D eigenvalue weighted by Crippen LogP contribution is -2.55. The molecule has 1 aromatic carbocycles. The van der Waals surface area contributed by atoms with Gasteiger partial charge in [-0.2, -0.15) is 0 Å². The van der Waals surface area contributed by atoms with E-state index in [1.807, 2.05) is 24.0 Å². The molecule has 0 spiro atoms. The first-order valence-electron chi connectivity index (χ1n) is 8.19. The van der Waals surface area contributed by atoms with Crippen LogP contribution in [0.3, 0.4) is 0 Å². The molecule has 2 atom stereocenters. The van der Waals surface area contributed by atoms with Crippen LogP contribution in [0.5, 0.6) is 0 Å². The van der Waals surface area contributed by atoms with Gasteiger partial charge in [0.25, 0.3) is 0 Å². The lowest BCUT2D eigenvalue weighted by molar-refractivity contribution is -0.125. The van der Waals surface area contributed by atoms with Crippen molar-refractivity contribution in [3.63, 3.8) is 0 Å². The molecule has 3 amide bonds. The molecule has 0 saturated carbocycles. The van der Waals surface area contributed by atoms with Gasteiger partial charge in [-0.1, -0.05) is 18.2 Å². The van der Waals surface area contributed by atoms with Gasteiger partial charge in [-0.05, 0) is 19.9 Å². The van der Waals surface area contributed by atoms with E-state index in [9.17, 15) is 14.0 Å². The van der Waals surface area contributed by atoms with Gasteiger partial charge >= 0.3 is 6.03 Å². The number of carbonyl (C=O) groups is 2. The van der Waals surface area contributed by atoms with Gasteiger partial charge in [-0.3, -0.25) is 19.9 Å². The van der Waals surface area contributed by atoms with Crippen molar-refractivity contribution in [2.24, 2.45) is 0 Å². The molecule has 0 bridgehead atoms. The zero-order valence-electron chi connectivity index (χ0n) is 14.4.